The first kappa shape index (κ1) is 17.1. The smallest absolute Gasteiger partial charge is 0.212 e. The summed E-state index contributed by atoms with van der Waals surface area (Å²) in [6.07, 6.45) is 4.09. The highest BCUT2D eigenvalue weighted by molar-refractivity contribution is 6.36. The van der Waals surface area contributed by atoms with Gasteiger partial charge >= 0.3 is 0 Å². The van der Waals surface area contributed by atoms with Gasteiger partial charge in [0.1, 0.15) is 5.69 Å². The third-order valence-electron chi connectivity index (χ3n) is 5.39. The minimum absolute atomic E-state index is 0.0530. The highest BCUT2D eigenvalue weighted by Crippen LogP contribution is 2.33. The third-order valence-corrected chi connectivity index (χ3v) is 5.82. The van der Waals surface area contributed by atoms with Crippen LogP contribution in [-0.4, -0.2) is 20.5 Å². The van der Waals surface area contributed by atoms with Crippen molar-refractivity contribution in [3.05, 3.63) is 93.8 Å². The highest BCUT2D eigenvalue weighted by Gasteiger charge is 2.26. The average Bonchev–Trinajstić information content (AvgIpc) is 3.08. The summed E-state index contributed by atoms with van der Waals surface area (Å²) in [4.78, 5) is 17.9. The van der Waals surface area contributed by atoms with Crippen molar-refractivity contribution in [2.24, 2.45) is 0 Å². The second-order valence-electron chi connectivity index (χ2n) is 7.08. The molecule has 5 rings (SSSR count). The Morgan fingerprint density at radius 2 is 1.79 bits per heavy atom. The molecule has 5 heteroatoms. The SMILES string of the molecule is O=C1c2ccccc2CCc2c1nc1c(cnn1CCc1ccccc1)c2Cl. The normalized spacial score (nSPS) is 13.2. The van der Waals surface area contributed by atoms with E-state index in [0.29, 0.717) is 29.3 Å². The molecule has 1 aliphatic rings. The van der Waals surface area contributed by atoms with Crippen molar-refractivity contribution >= 4 is 28.4 Å². The average molecular weight is 388 g/mol. The fourth-order valence-corrected chi connectivity index (χ4v) is 4.22. The van der Waals surface area contributed by atoms with E-state index in [9.17, 15) is 4.79 Å². The molecule has 0 spiro atoms. The zero-order chi connectivity index (χ0) is 19.1. The van der Waals surface area contributed by atoms with Gasteiger partial charge in [0, 0.05) is 17.7 Å². The predicted octanol–water partition coefficient (Wildman–Crippen LogP) is 4.66. The largest absolute Gasteiger partial charge is 0.287 e. The number of aromatic nitrogens is 3. The molecular formula is C23H18ClN3O. The first-order valence-corrected chi connectivity index (χ1v) is 9.80. The number of carbonyl (C=O) groups excluding carboxylic acids is 1. The Labute approximate surface area is 167 Å². The molecular weight excluding hydrogens is 370 g/mol. The topological polar surface area (TPSA) is 47.8 Å². The number of fused-ring (bicyclic) bond motifs is 3. The lowest BCUT2D eigenvalue weighted by molar-refractivity contribution is 0.103. The number of pyridine rings is 1. The number of aryl methyl sites for hydroxylation is 3. The molecule has 0 atom stereocenters. The number of nitrogens with zero attached hydrogens (tertiary/aromatic N) is 3. The first-order chi connectivity index (χ1) is 13.7. The van der Waals surface area contributed by atoms with Gasteiger partial charge in [0.05, 0.1) is 16.6 Å². The van der Waals surface area contributed by atoms with Crippen LogP contribution in [-0.2, 0) is 25.8 Å². The monoisotopic (exact) mass is 387 g/mol. The van der Waals surface area contributed by atoms with Crippen LogP contribution in [0.3, 0.4) is 0 Å². The van der Waals surface area contributed by atoms with E-state index < -0.39 is 0 Å². The van der Waals surface area contributed by atoms with Crippen LogP contribution in [0.15, 0.2) is 60.8 Å². The van der Waals surface area contributed by atoms with Gasteiger partial charge in [0.2, 0.25) is 5.78 Å². The lowest BCUT2D eigenvalue weighted by Crippen LogP contribution is -2.10. The first-order valence-electron chi connectivity index (χ1n) is 9.43. The molecule has 0 fully saturated rings. The quantitative estimate of drug-likeness (QED) is 0.513. The zero-order valence-electron chi connectivity index (χ0n) is 15.2. The van der Waals surface area contributed by atoms with Gasteiger partial charge in [0.25, 0.3) is 0 Å². The molecule has 4 nitrogen and oxygen atoms in total. The van der Waals surface area contributed by atoms with Gasteiger partial charge in [0.15, 0.2) is 5.65 Å². The summed E-state index contributed by atoms with van der Waals surface area (Å²) in [6, 6.07) is 18.0. The summed E-state index contributed by atoms with van der Waals surface area (Å²) in [6.45, 7) is 0.681. The van der Waals surface area contributed by atoms with Gasteiger partial charge in [-0.1, -0.05) is 66.2 Å². The van der Waals surface area contributed by atoms with E-state index in [0.717, 1.165) is 34.9 Å². The van der Waals surface area contributed by atoms with Crippen LogP contribution in [0, 0.1) is 0 Å². The number of ketones is 1. The van der Waals surface area contributed by atoms with E-state index in [-0.39, 0.29) is 5.78 Å². The number of carbonyl (C=O) groups is 1. The maximum Gasteiger partial charge on any atom is 0.212 e. The fraction of sp³-hybridized carbons (Fsp3) is 0.174. The summed E-state index contributed by atoms with van der Waals surface area (Å²) >= 11 is 6.73. The molecule has 1 aliphatic carbocycles. The molecule has 0 N–H and O–H groups in total. The molecule has 0 saturated carbocycles. The van der Waals surface area contributed by atoms with Gasteiger partial charge in [-0.25, -0.2) is 9.67 Å². The predicted molar refractivity (Wildman–Crippen MR) is 110 cm³/mol. The Bertz CT molecular complexity index is 1200. The molecule has 138 valence electrons. The maximum atomic E-state index is 13.2. The van der Waals surface area contributed by atoms with Crippen LogP contribution in [0.4, 0.5) is 0 Å². The summed E-state index contributed by atoms with van der Waals surface area (Å²) in [5.74, 6) is -0.0530. The molecule has 0 aliphatic heterocycles. The minimum atomic E-state index is -0.0530. The van der Waals surface area contributed by atoms with Crippen LogP contribution >= 0.6 is 11.6 Å². The van der Waals surface area contributed by atoms with Gasteiger partial charge < -0.3 is 0 Å². The fourth-order valence-electron chi connectivity index (χ4n) is 3.90. The number of benzene rings is 2. The van der Waals surface area contributed by atoms with Crippen LogP contribution in [0.1, 0.15) is 32.7 Å². The second kappa shape index (κ2) is 6.88. The number of hydrogen-bond acceptors (Lipinski definition) is 3. The summed E-state index contributed by atoms with van der Waals surface area (Å²) < 4.78 is 1.85. The standard InChI is InChI=1S/C23H18ClN3O/c24-20-18-11-10-16-8-4-5-9-17(16)22(28)21(18)26-23-19(20)14-25-27(23)13-12-15-6-2-1-3-7-15/h1-9,14H,10-13H2. The van der Waals surface area contributed by atoms with E-state index in [1.54, 1.807) is 6.20 Å². The zero-order valence-corrected chi connectivity index (χ0v) is 16.0. The van der Waals surface area contributed by atoms with Crippen LogP contribution in [0.2, 0.25) is 5.02 Å². The van der Waals surface area contributed by atoms with Crippen LogP contribution < -0.4 is 0 Å². The van der Waals surface area contributed by atoms with Gasteiger partial charge in [-0.05, 0) is 30.4 Å². The Hall–Kier alpha value is -2.98. The highest BCUT2D eigenvalue weighted by atomic mass is 35.5. The molecule has 2 aromatic heterocycles. The van der Waals surface area contributed by atoms with E-state index in [1.165, 1.54) is 5.56 Å². The molecule has 2 aromatic carbocycles. The van der Waals surface area contributed by atoms with Crippen molar-refractivity contribution in [2.45, 2.75) is 25.8 Å². The third kappa shape index (κ3) is 2.81. The van der Waals surface area contributed by atoms with Gasteiger partial charge in [-0.2, -0.15) is 5.10 Å². The molecule has 0 amide bonds. The summed E-state index contributed by atoms with van der Waals surface area (Å²) in [5.41, 5.74) is 4.97. The number of halogens is 1. The van der Waals surface area contributed by atoms with Crippen LogP contribution in [0.5, 0.6) is 0 Å². The van der Waals surface area contributed by atoms with E-state index in [4.69, 9.17) is 16.6 Å². The van der Waals surface area contributed by atoms with Crippen molar-refractivity contribution in [2.75, 3.05) is 0 Å². The maximum absolute atomic E-state index is 13.2. The Balaban J connectivity index is 1.59. The van der Waals surface area contributed by atoms with E-state index >= 15 is 0 Å². The van der Waals surface area contributed by atoms with Gasteiger partial charge in [-0.3, -0.25) is 4.79 Å². The Morgan fingerprint density at radius 1 is 1.00 bits per heavy atom. The van der Waals surface area contributed by atoms with Crippen molar-refractivity contribution in [3.63, 3.8) is 0 Å². The van der Waals surface area contributed by atoms with E-state index in [1.807, 2.05) is 47.1 Å². The van der Waals surface area contributed by atoms with Crippen molar-refractivity contribution in [1.82, 2.24) is 14.8 Å². The molecule has 0 radical (unpaired) electrons. The minimum Gasteiger partial charge on any atom is -0.287 e. The molecule has 2 heterocycles. The molecule has 0 saturated heterocycles. The van der Waals surface area contributed by atoms with E-state index in [2.05, 4.69) is 17.2 Å². The van der Waals surface area contributed by atoms with Crippen molar-refractivity contribution in [1.29, 1.82) is 0 Å². The molecule has 4 aromatic rings. The van der Waals surface area contributed by atoms with Crippen molar-refractivity contribution < 1.29 is 4.79 Å². The molecule has 0 bridgehead atoms. The lowest BCUT2D eigenvalue weighted by Gasteiger charge is -2.09. The number of rotatable bonds is 3. The molecule has 28 heavy (non-hydrogen) atoms. The Kier molecular flexibility index (Phi) is 4.21. The summed E-state index contributed by atoms with van der Waals surface area (Å²) in [7, 11) is 0. The number of hydrogen-bond donors (Lipinski definition) is 0. The summed E-state index contributed by atoms with van der Waals surface area (Å²) in [5, 5.41) is 5.91. The lowest BCUT2D eigenvalue weighted by atomic mass is 10.0. The molecule has 0 unspecified atom stereocenters. The second-order valence-corrected chi connectivity index (χ2v) is 7.46. The van der Waals surface area contributed by atoms with Gasteiger partial charge in [-0.15, -0.1) is 0 Å². The van der Waals surface area contributed by atoms with Crippen molar-refractivity contribution in [3.8, 4) is 0 Å². The Morgan fingerprint density at radius 3 is 2.64 bits per heavy atom. The van der Waals surface area contributed by atoms with Crippen LogP contribution in [0.25, 0.3) is 11.0 Å².